The first kappa shape index (κ1) is 15.8. The van der Waals surface area contributed by atoms with Crippen LogP contribution in [0, 0.1) is 6.92 Å². The predicted octanol–water partition coefficient (Wildman–Crippen LogP) is 3.11. The van der Waals surface area contributed by atoms with E-state index in [0.717, 1.165) is 11.0 Å². The zero-order chi connectivity index (χ0) is 16.2. The second kappa shape index (κ2) is 6.44. The van der Waals surface area contributed by atoms with Gasteiger partial charge >= 0.3 is 5.97 Å². The number of carbonyl (C=O) groups is 1. The normalized spacial score (nSPS) is 11.5. The van der Waals surface area contributed by atoms with Crippen molar-refractivity contribution in [1.82, 2.24) is 0 Å². The Kier molecular flexibility index (Phi) is 4.62. The average Bonchev–Trinajstić information content (AvgIpc) is 2.45. The molecule has 0 saturated carbocycles. The van der Waals surface area contributed by atoms with Crippen LogP contribution in [-0.4, -0.2) is 19.5 Å². The van der Waals surface area contributed by atoms with Gasteiger partial charge in [0.15, 0.2) is 0 Å². The van der Waals surface area contributed by atoms with E-state index in [9.17, 15) is 18.3 Å². The van der Waals surface area contributed by atoms with Crippen molar-refractivity contribution in [2.75, 3.05) is 4.72 Å². The lowest BCUT2D eigenvalue weighted by Crippen LogP contribution is -2.13. The van der Waals surface area contributed by atoms with Crippen molar-refractivity contribution in [1.29, 1.82) is 0 Å². The van der Waals surface area contributed by atoms with Gasteiger partial charge in [0.05, 0.1) is 16.7 Å². The van der Waals surface area contributed by atoms with Crippen LogP contribution in [0.25, 0.3) is 6.08 Å². The molecule has 2 aromatic rings. The lowest BCUT2D eigenvalue weighted by Gasteiger charge is -2.10. The Morgan fingerprint density at radius 1 is 1.09 bits per heavy atom. The minimum atomic E-state index is -3.80. The summed E-state index contributed by atoms with van der Waals surface area (Å²) < 4.78 is 26.4. The van der Waals surface area contributed by atoms with E-state index in [2.05, 4.69) is 4.72 Å². The second-order valence-corrected chi connectivity index (χ2v) is 6.23. The van der Waals surface area contributed by atoms with Gasteiger partial charge in [0, 0.05) is 0 Å². The maximum Gasteiger partial charge on any atom is 0.338 e. The van der Waals surface area contributed by atoms with E-state index >= 15 is 0 Å². The lowest BCUT2D eigenvalue weighted by atomic mass is 10.1. The van der Waals surface area contributed by atoms with Crippen molar-refractivity contribution < 1.29 is 18.3 Å². The number of anilines is 1. The number of rotatable bonds is 5. The SMILES string of the molecule is Cc1cccc(NS(=O)(=O)/C=C/c2ccccc2)c1C(=O)O. The van der Waals surface area contributed by atoms with Crippen molar-refractivity contribution in [3.8, 4) is 0 Å². The fourth-order valence-corrected chi connectivity index (χ4v) is 2.84. The van der Waals surface area contributed by atoms with Crippen LogP contribution in [0.2, 0.25) is 0 Å². The summed E-state index contributed by atoms with van der Waals surface area (Å²) in [6.45, 7) is 1.61. The summed E-state index contributed by atoms with van der Waals surface area (Å²) in [5, 5.41) is 10.2. The van der Waals surface area contributed by atoms with Gasteiger partial charge in [-0.3, -0.25) is 4.72 Å². The van der Waals surface area contributed by atoms with Gasteiger partial charge in [-0.15, -0.1) is 0 Å². The minimum Gasteiger partial charge on any atom is -0.478 e. The smallest absolute Gasteiger partial charge is 0.338 e. The molecule has 2 aromatic carbocycles. The van der Waals surface area contributed by atoms with Crippen molar-refractivity contribution >= 4 is 27.8 Å². The first-order valence-corrected chi connectivity index (χ1v) is 8.02. The molecule has 6 heteroatoms. The molecule has 0 saturated heterocycles. The number of benzene rings is 2. The molecule has 0 amide bonds. The van der Waals surface area contributed by atoms with Gasteiger partial charge in [-0.25, -0.2) is 13.2 Å². The molecule has 114 valence electrons. The number of sulfonamides is 1. The molecule has 0 fully saturated rings. The Hall–Kier alpha value is -2.60. The average molecular weight is 317 g/mol. The maximum atomic E-state index is 12.1. The molecule has 0 radical (unpaired) electrons. The number of aryl methyl sites for hydroxylation is 1. The molecule has 22 heavy (non-hydrogen) atoms. The van der Waals surface area contributed by atoms with Gasteiger partial charge in [-0.1, -0.05) is 42.5 Å². The quantitative estimate of drug-likeness (QED) is 0.887. The first-order valence-electron chi connectivity index (χ1n) is 6.48. The van der Waals surface area contributed by atoms with E-state index in [4.69, 9.17) is 0 Å². The largest absolute Gasteiger partial charge is 0.478 e. The minimum absolute atomic E-state index is 0.0465. The van der Waals surface area contributed by atoms with Gasteiger partial charge in [-0.2, -0.15) is 0 Å². The number of hydrogen-bond acceptors (Lipinski definition) is 3. The van der Waals surface area contributed by atoms with Crippen LogP contribution >= 0.6 is 0 Å². The van der Waals surface area contributed by atoms with Gasteiger partial charge in [0.2, 0.25) is 0 Å². The van der Waals surface area contributed by atoms with Crippen molar-refractivity contribution in [3.63, 3.8) is 0 Å². The van der Waals surface area contributed by atoms with Crippen LogP contribution in [0.15, 0.2) is 53.9 Å². The van der Waals surface area contributed by atoms with Gasteiger partial charge < -0.3 is 5.11 Å². The van der Waals surface area contributed by atoms with Gasteiger partial charge in [-0.05, 0) is 30.2 Å². The van der Waals surface area contributed by atoms with E-state index in [0.29, 0.717) is 5.56 Å². The summed E-state index contributed by atoms with van der Waals surface area (Å²) >= 11 is 0. The number of carboxylic acid groups (broad SMARTS) is 1. The molecule has 0 spiro atoms. The summed E-state index contributed by atoms with van der Waals surface area (Å²) in [5.74, 6) is -1.18. The van der Waals surface area contributed by atoms with Crippen molar-refractivity contribution in [3.05, 3.63) is 70.6 Å². The Bertz CT molecular complexity index is 811. The van der Waals surface area contributed by atoms with Crippen LogP contribution < -0.4 is 4.72 Å². The number of carboxylic acids is 1. The highest BCUT2D eigenvalue weighted by atomic mass is 32.2. The van der Waals surface area contributed by atoms with E-state index in [-0.39, 0.29) is 11.3 Å². The van der Waals surface area contributed by atoms with Crippen molar-refractivity contribution in [2.24, 2.45) is 0 Å². The monoisotopic (exact) mass is 317 g/mol. The molecule has 0 aromatic heterocycles. The third-order valence-electron chi connectivity index (χ3n) is 2.98. The van der Waals surface area contributed by atoms with Crippen LogP contribution in [0.5, 0.6) is 0 Å². The Balaban J connectivity index is 2.29. The summed E-state index contributed by atoms with van der Waals surface area (Å²) in [5.41, 5.74) is 1.21. The number of nitrogens with one attached hydrogen (secondary N) is 1. The maximum absolute atomic E-state index is 12.1. The van der Waals surface area contributed by atoms with Crippen molar-refractivity contribution in [2.45, 2.75) is 6.92 Å². The molecule has 2 rings (SSSR count). The standard InChI is InChI=1S/C16H15NO4S/c1-12-6-5-9-14(15(12)16(18)19)17-22(20,21)11-10-13-7-3-2-4-8-13/h2-11,17H,1H3,(H,18,19)/b11-10+. The Morgan fingerprint density at radius 3 is 2.41 bits per heavy atom. The Labute approximate surface area is 129 Å². The summed E-state index contributed by atoms with van der Waals surface area (Å²) in [7, 11) is -3.80. The number of hydrogen-bond donors (Lipinski definition) is 2. The fraction of sp³-hybridized carbons (Fsp3) is 0.0625. The second-order valence-electron chi connectivity index (χ2n) is 4.66. The molecule has 0 aliphatic heterocycles. The zero-order valence-corrected chi connectivity index (χ0v) is 12.7. The van der Waals surface area contributed by atoms with Crippen LogP contribution in [0.1, 0.15) is 21.5 Å². The fourth-order valence-electron chi connectivity index (χ4n) is 1.96. The third-order valence-corrected chi connectivity index (χ3v) is 3.98. The highest BCUT2D eigenvalue weighted by molar-refractivity contribution is 7.95. The van der Waals surface area contributed by atoms with E-state index in [1.807, 2.05) is 6.07 Å². The molecule has 0 bridgehead atoms. The molecule has 2 N–H and O–H groups in total. The summed E-state index contributed by atoms with van der Waals surface area (Å²) in [6.07, 6.45) is 1.44. The number of aromatic carboxylic acids is 1. The lowest BCUT2D eigenvalue weighted by molar-refractivity contribution is 0.0697. The first-order chi connectivity index (χ1) is 10.4. The van der Waals surface area contributed by atoms with Crippen LogP contribution in [-0.2, 0) is 10.0 Å². The molecule has 5 nitrogen and oxygen atoms in total. The molecule has 0 atom stereocenters. The molecule has 0 heterocycles. The molecule has 0 aliphatic carbocycles. The Morgan fingerprint density at radius 2 is 1.77 bits per heavy atom. The van der Waals surface area contributed by atoms with Gasteiger partial charge in [0.25, 0.3) is 10.0 Å². The molecule has 0 aliphatic rings. The zero-order valence-electron chi connectivity index (χ0n) is 11.9. The third kappa shape index (κ3) is 3.95. The molecular weight excluding hydrogens is 302 g/mol. The van der Waals surface area contributed by atoms with E-state index < -0.39 is 16.0 Å². The predicted molar refractivity (Wildman–Crippen MR) is 86.2 cm³/mol. The molecular formula is C16H15NO4S. The van der Waals surface area contributed by atoms with E-state index in [1.165, 1.54) is 12.1 Å². The topological polar surface area (TPSA) is 83.5 Å². The van der Waals surface area contributed by atoms with E-state index in [1.54, 1.807) is 43.3 Å². The highest BCUT2D eigenvalue weighted by Gasteiger charge is 2.16. The van der Waals surface area contributed by atoms with Crippen LogP contribution in [0.3, 0.4) is 0 Å². The summed E-state index contributed by atoms with van der Waals surface area (Å²) in [6, 6.07) is 13.6. The van der Waals surface area contributed by atoms with Crippen LogP contribution in [0.4, 0.5) is 5.69 Å². The highest BCUT2D eigenvalue weighted by Crippen LogP contribution is 2.21. The van der Waals surface area contributed by atoms with Gasteiger partial charge in [0.1, 0.15) is 0 Å². The molecule has 0 unspecified atom stereocenters. The summed E-state index contributed by atoms with van der Waals surface area (Å²) in [4.78, 5) is 11.3.